The third-order valence-electron chi connectivity index (χ3n) is 4.85. The molecular weight excluding hydrogens is 416 g/mol. The molecule has 0 radical (unpaired) electrons. The van der Waals surface area contributed by atoms with E-state index in [1.807, 2.05) is 6.92 Å². The van der Waals surface area contributed by atoms with Gasteiger partial charge in [-0.3, -0.25) is 4.79 Å². The van der Waals surface area contributed by atoms with Crippen LogP contribution in [-0.2, 0) is 10.0 Å². The van der Waals surface area contributed by atoms with Crippen molar-refractivity contribution < 1.29 is 22.7 Å². The molecule has 0 aliphatic rings. The van der Waals surface area contributed by atoms with Crippen molar-refractivity contribution >= 4 is 15.9 Å². The minimum absolute atomic E-state index is 0.235. The minimum Gasteiger partial charge on any atom is -0.493 e. The van der Waals surface area contributed by atoms with Crippen LogP contribution in [0.4, 0.5) is 0 Å². The second-order valence-corrected chi connectivity index (χ2v) is 8.76. The topological polar surface area (TPSA) is 84.9 Å². The monoisotopic (exact) mass is 446 g/mol. The first kappa shape index (κ1) is 24.4. The van der Waals surface area contributed by atoms with Crippen LogP contribution in [0.5, 0.6) is 11.5 Å². The van der Waals surface area contributed by atoms with Crippen molar-refractivity contribution in [2.24, 2.45) is 0 Å². The Balaban J connectivity index is 2.13. The number of nitrogens with zero attached hydrogens (tertiary/aromatic N) is 1. The number of sulfonamides is 1. The number of nitrogens with one attached hydrogen (secondary N) is 1. The Kier molecular flexibility index (Phi) is 8.65. The maximum atomic E-state index is 12.7. The Morgan fingerprint density at radius 3 is 2.32 bits per heavy atom. The molecule has 0 aliphatic heterocycles. The van der Waals surface area contributed by atoms with E-state index in [0.29, 0.717) is 36.8 Å². The highest BCUT2D eigenvalue weighted by Crippen LogP contribution is 2.28. The molecule has 168 valence electrons. The molecule has 0 aliphatic carbocycles. The molecule has 31 heavy (non-hydrogen) atoms. The van der Waals surface area contributed by atoms with Gasteiger partial charge in [-0.05, 0) is 42.8 Å². The third-order valence-corrected chi connectivity index (χ3v) is 6.92. The SMILES string of the molecule is C=CCOc1ccc(C(=O)NC(C)c2ccc(S(=O)(=O)N(CC)CC)cc2)cc1OC. The molecule has 1 unspecified atom stereocenters. The van der Waals surface area contributed by atoms with Crippen LogP contribution in [0.25, 0.3) is 0 Å². The van der Waals surface area contributed by atoms with Gasteiger partial charge in [0.05, 0.1) is 18.0 Å². The summed E-state index contributed by atoms with van der Waals surface area (Å²) in [6.45, 7) is 10.2. The molecule has 1 atom stereocenters. The smallest absolute Gasteiger partial charge is 0.251 e. The molecule has 0 saturated heterocycles. The van der Waals surface area contributed by atoms with Crippen molar-refractivity contribution in [1.82, 2.24) is 9.62 Å². The highest BCUT2D eigenvalue weighted by molar-refractivity contribution is 7.89. The van der Waals surface area contributed by atoms with Crippen LogP contribution in [-0.4, -0.2) is 45.4 Å². The van der Waals surface area contributed by atoms with Gasteiger partial charge in [-0.25, -0.2) is 8.42 Å². The number of carbonyl (C=O) groups excluding carboxylic acids is 1. The lowest BCUT2D eigenvalue weighted by molar-refractivity contribution is 0.0939. The molecule has 0 spiro atoms. The average Bonchev–Trinajstić information content (AvgIpc) is 2.78. The van der Waals surface area contributed by atoms with Crippen LogP contribution in [0.15, 0.2) is 60.0 Å². The van der Waals surface area contributed by atoms with Crippen molar-refractivity contribution in [3.05, 3.63) is 66.2 Å². The number of carbonyl (C=O) groups is 1. The number of benzene rings is 2. The molecule has 0 bridgehead atoms. The van der Waals surface area contributed by atoms with Crippen molar-refractivity contribution in [1.29, 1.82) is 0 Å². The lowest BCUT2D eigenvalue weighted by Crippen LogP contribution is -2.30. The van der Waals surface area contributed by atoms with Crippen molar-refractivity contribution in [3.63, 3.8) is 0 Å². The van der Waals surface area contributed by atoms with Crippen LogP contribution in [0, 0.1) is 0 Å². The fourth-order valence-corrected chi connectivity index (χ4v) is 4.54. The number of ether oxygens (including phenoxy) is 2. The van der Waals surface area contributed by atoms with Crippen LogP contribution < -0.4 is 14.8 Å². The Labute approximate surface area is 184 Å². The number of hydrogen-bond acceptors (Lipinski definition) is 5. The Morgan fingerprint density at radius 1 is 1.13 bits per heavy atom. The van der Waals surface area contributed by atoms with Gasteiger partial charge in [0.1, 0.15) is 6.61 Å². The van der Waals surface area contributed by atoms with Crippen LogP contribution in [0.2, 0.25) is 0 Å². The van der Waals surface area contributed by atoms with Crippen molar-refractivity contribution in [3.8, 4) is 11.5 Å². The van der Waals surface area contributed by atoms with Crippen LogP contribution in [0.3, 0.4) is 0 Å². The Bertz CT molecular complexity index is 999. The number of hydrogen-bond donors (Lipinski definition) is 1. The third kappa shape index (κ3) is 5.86. The summed E-state index contributed by atoms with van der Waals surface area (Å²) in [7, 11) is -2.01. The maximum Gasteiger partial charge on any atom is 0.251 e. The maximum absolute atomic E-state index is 12.7. The van der Waals surface area contributed by atoms with E-state index in [1.54, 1.807) is 62.4 Å². The zero-order valence-corrected chi connectivity index (χ0v) is 19.2. The summed E-state index contributed by atoms with van der Waals surface area (Å²) in [4.78, 5) is 12.9. The molecule has 0 fully saturated rings. The van der Waals surface area contributed by atoms with Gasteiger partial charge in [-0.2, -0.15) is 4.31 Å². The van der Waals surface area contributed by atoms with E-state index in [0.717, 1.165) is 5.56 Å². The largest absolute Gasteiger partial charge is 0.493 e. The fraction of sp³-hybridized carbons (Fsp3) is 0.348. The highest BCUT2D eigenvalue weighted by atomic mass is 32.2. The molecule has 2 aromatic rings. The first-order valence-electron chi connectivity index (χ1n) is 10.1. The fourth-order valence-electron chi connectivity index (χ4n) is 3.08. The lowest BCUT2D eigenvalue weighted by Gasteiger charge is -2.19. The highest BCUT2D eigenvalue weighted by Gasteiger charge is 2.22. The molecule has 7 nitrogen and oxygen atoms in total. The van der Waals surface area contributed by atoms with E-state index in [-0.39, 0.29) is 16.8 Å². The summed E-state index contributed by atoms with van der Waals surface area (Å²) in [6, 6.07) is 11.2. The summed E-state index contributed by atoms with van der Waals surface area (Å²) in [6.07, 6.45) is 1.63. The molecular formula is C23H30N2O5S. The normalized spacial score (nSPS) is 12.3. The van der Waals surface area contributed by atoms with Crippen LogP contribution in [0.1, 0.15) is 42.7 Å². The summed E-state index contributed by atoms with van der Waals surface area (Å²) in [5, 5.41) is 2.92. The number of rotatable bonds is 11. The number of methoxy groups -OCH3 is 1. The van der Waals surface area contributed by atoms with Gasteiger partial charge in [0.15, 0.2) is 11.5 Å². The average molecular weight is 447 g/mol. The molecule has 0 heterocycles. The molecule has 0 saturated carbocycles. The quantitative estimate of drug-likeness (QED) is 0.531. The zero-order chi connectivity index (χ0) is 23.0. The summed E-state index contributed by atoms with van der Waals surface area (Å²) >= 11 is 0. The molecule has 1 amide bonds. The Morgan fingerprint density at radius 2 is 1.77 bits per heavy atom. The second-order valence-electron chi connectivity index (χ2n) is 6.82. The zero-order valence-electron chi connectivity index (χ0n) is 18.4. The van der Waals surface area contributed by atoms with E-state index in [4.69, 9.17) is 9.47 Å². The van der Waals surface area contributed by atoms with Gasteiger partial charge in [0, 0.05) is 18.7 Å². The minimum atomic E-state index is -3.51. The van der Waals surface area contributed by atoms with Gasteiger partial charge >= 0.3 is 0 Å². The Hall–Kier alpha value is -2.84. The predicted molar refractivity (Wildman–Crippen MR) is 121 cm³/mol. The van der Waals surface area contributed by atoms with E-state index in [9.17, 15) is 13.2 Å². The summed E-state index contributed by atoms with van der Waals surface area (Å²) in [5.74, 6) is 0.700. The van der Waals surface area contributed by atoms with Gasteiger partial charge < -0.3 is 14.8 Å². The standard InChI is InChI=1S/C23H30N2O5S/c1-6-15-30-21-14-11-19(16-22(21)29-5)23(26)24-17(4)18-9-12-20(13-10-18)31(27,28)25(7-2)8-3/h6,9-14,16-17H,1,7-8,15H2,2-5H3,(H,24,26). The summed E-state index contributed by atoms with van der Waals surface area (Å²) < 4.78 is 37.5. The first-order chi connectivity index (χ1) is 14.8. The van der Waals surface area contributed by atoms with Crippen LogP contribution >= 0.6 is 0 Å². The van der Waals surface area contributed by atoms with Gasteiger partial charge in [0.2, 0.25) is 10.0 Å². The molecule has 1 N–H and O–H groups in total. The van der Waals surface area contributed by atoms with E-state index in [2.05, 4.69) is 11.9 Å². The van der Waals surface area contributed by atoms with E-state index in [1.165, 1.54) is 11.4 Å². The van der Waals surface area contributed by atoms with Gasteiger partial charge in [-0.15, -0.1) is 0 Å². The molecule has 2 aromatic carbocycles. The predicted octanol–water partition coefficient (Wildman–Crippen LogP) is 3.78. The van der Waals surface area contributed by atoms with Crippen molar-refractivity contribution in [2.75, 3.05) is 26.8 Å². The first-order valence-corrected chi connectivity index (χ1v) is 11.5. The number of amides is 1. The van der Waals surface area contributed by atoms with Gasteiger partial charge in [0.25, 0.3) is 5.91 Å². The van der Waals surface area contributed by atoms with Gasteiger partial charge in [-0.1, -0.05) is 38.6 Å². The van der Waals surface area contributed by atoms with E-state index < -0.39 is 10.0 Å². The second kappa shape index (κ2) is 11.0. The van der Waals surface area contributed by atoms with Crippen molar-refractivity contribution in [2.45, 2.75) is 31.7 Å². The lowest BCUT2D eigenvalue weighted by atomic mass is 10.1. The van der Waals surface area contributed by atoms with E-state index >= 15 is 0 Å². The summed E-state index contributed by atoms with van der Waals surface area (Å²) in [5.41, 5.74) is 1.22. The molecule has 2 rings (SSSR count). The molecule has 8 heteroatoms. The molecule has 0 aromatic heterocycles.